The van der Waals surface area contributed by atoms with Crippen LogP contribution in [0.2, 0.25) is 5.02 Å². The van der Waals surface area contributed by atoms with Crippen LogP contribution in [0, 0.1) is 0 Å². The molecule has 0 amide bonds. The molecular formula is C17H11ClO2. The molecule has 0 radical (unpaired) electrons. The molecule has 3 aromatic carbocycles. The molecule has 0 bridgehead atoms. The van der Waals surface area contributed by atoms with E-state index in [0.717, 1.165) is 17.1 Å². The molecule has 0 aromatic heterocycles. The molecule has 0 atom stereocenters. The molecule has 0 heterocycles. The van der Waals surface area contributed by atoms with E-state index in [1.54, 1.807) is 18.2 Å². The quantitative estimate of drug-likeness (QED) is 0.625. The Morgan fingerprint density at radius 1 is 0.900 bits per heavy atom. The number of rotatable bonds is 3. The smallest absolute Gasteiger partial charge is 0.150 e. The van der Waals surface area contributed by atoms with E-state index in [1.807, 2.05) is 42.5 Å². The van der Waals surface area contributed by atoms with E-state index in [4.69, 9.17) is 16.3 Å². The zero-order valence-corrected chi connectivity index (χ0v) is 11.3. The summed E-state index contributed by atoms with van der Waals surface area (Å²) in [6, 6.07) is 18.9. The first kappa shape index (κ1) is 12.7. The topological polar surface area (TPSA) is 26.3 Å². The minimum Gasteiger partial charge on any atom is -0.456 e. The standard InChI is InChI=1S/C17H11ClO2/c18-16-9-12(11-19)5-8-17(16)20-15-7-6-13-3-1-2-4-14(13)10-15/h1-11H. The van der Waals surface area contributed by atoms with Crippen molar-refractivity contribution in [2.75, 3.05) is 0 Å². The van der Waals surface area contributed by atoms with Gasteiger partial charge in [0.1, 0.15) is 17.8 Å². The number of benzene rings is 3. The van der Waals surface area contributed by atoms with E-state index in [-0.39, 0.29) is 0 Å². The highest BCUT2D eigenvalue weighted by Gasteiger charge is 2.05. The van der Waals surface area contributed by atoms with E-state index < -0.39 is 0 Å². The van der Waals surface area contributed by atoms with E-state index in [9.17, 15) is 4.79 Å². The van der Waals surface area contributed by atoms with Gasteiger partial charge in [0.05, 0.1) is 5.02 Å². The van der Waals surface area contributed by atoms with E-state index in [1.165, 1.54) is 0 Å². The van der Waals surface area contributed by atoms with Gasteiger partial charge in [-0.1, -0.05) is 41.9 Å². The van der Waals surface area contributed by atoms with Crippen LogP contribution < -0.4 is 4.74 Å². The van der Waals surface area contributed by atoms with Crippen molar-refractivity contribution >= 4 is 28.7 Å². The number of halogens is 1. The molecule has 98 valence electrons. The molecule has 0 unspecified atom stereocenters. The van der Waals surface area contributed by atoms with Crippen LogP contribution in [0.15, 0.2) is 60.7 Å². The first-order chi connectivity index (χ1) is 9.76. The maximum Gasteiger partial charge on any atom is 0.150 e. The summed E-state index contributed by atoms with van der Waals surface area (Å²) in [5.41, 5.74) is 0.529. The maximum atomic E-state index is 10.7. The fourth-order valence-corrected chi connectivity index (χ4v) is 2.26. The summed E-state index contributed by atoms with van der Waals surface area (Å²) in [5, 5.41) is 2.68. The van der Waals surface area contributed by atoms with Crippen molar-refractivity contribution in [3.63, 3.8) is 0 Å². The Balaban J connectivity index is 1.94. The number of hydrogen-bond donors (Lipinski definition) is 0. The molecule has 0 saturated heterocycles. The SMILES string of the molecule is O=Cc1ccc(Oc2ccc3ccccc3c2)c(Cl)c1. The molecule has 0 aliphatic heterocycles. The third-order valence-electron chi connectivity index (χ3n) is 3.04. The second-order valence-corrected chi connectivity index (χ2v) is 4.83. The van der Waals surface area contributed by atoms with Gasteiger partial charge in [0, 0.05) is 5.56 Å². The van der Waals surface area contributed by atoms with Crippen molar-refractivity contribution in [2.45, 2.75) is 0 Å². The lowest BCUT2D eigenvalue weighted by Gasteiger charge is -2.08. The highest BCUT2D eigenvalue weighted by Crippen LogP contribution is 2.31. The third-order valence-corrected chi connectivity index (χ3v) is 3.34. The minimum atomic E-state index is 0.419. The Morgan fingerprint density at radius 3 is 2.45 bits per heavy atom. The van der Waals surface area contributed by atoms with Crippen LogP contribution in [0.1, 0.15) is 10.4 Å². The number of fused-ring (bicyclic) bond motifs is 1. The second kappa shape index (κ2) is 5.35. The molecule has 0 saturated carbocycles. The molecule has 3 rings (SSSR count). The molecule has 20 heavy (non-hydrogen) atoms. The number of ether oxygens (including phenoxy) is 1. The first-order valence-corrected chi connectivity index (χ1v) is 6.55. The van der Waals surface area contributed by atoms with E-state index >= 15 is 0 Å². The van der Waals surface area contributed by atoms with Crippen molar-refractivity contribution in [1.29, 1.82) is 0 Å². The van der Waals surface area contributed by atoms with E-state index in [2.05, 4.69) is 0 Å². The third kappa shape index (κ3) is 2.51. The van der Waals surface area contributed by atoms with Gasteiger partial charge in [0.25, 0.3) is 0 Å². The lowest BCUT2D eigenvalue weighted by atomic mass is 10.1. The first-order valence-electron chi connectivity index (χ1n) is 6.18. The summed E-state index contributed by atoms with van der Waals surface area (Å²) in [5.74, 6) is 1.25. The Hall–Kier alpha value is -2.32. The van der Waals surface area contributed by atoms with Crippen molar-refractivity contribution in [2.24, 2.45) is 0 Å². The zero-order valence-electron chi connectivity index (χ0n) is 10.5. The molecule has 0 spiro atoms. The Labute approximate surface area is 121 Å². The fraction of sp³-hybridized carbons (Fsp3) is 0. The van der Waals surface area contributed by atoms with Crippen LogP contribution in [0.5, 0.6) is 11.5 Å². The van der Waals surface area contributed by atoms with Gasteiger partial charge in [-0.15, -0.1) is 0 Å². The Bertz CT molecular complexity index is 781. The highest BCUT2D eigenvalue weighted by atomic mass is 35.5. The van der Waals surface area contributed by atoms with Crippen LogP contribution in [-0.2, 0) is 0 Å². The predicted molar refractivity (Wildman–Crippen MR) is 80.9 cm³/mol. The summed E-state index contributed by atoms with van der Waals surface area (Å²) in [6.07, 6.45) is 0.756. The molecule has 0 aliphatic carbocycles. The number of carbonyl (C=O) groups excluding carboxylic acids is 1. The van der Waals surface area contributed by atoms with Crippen LogP contribution in [0.25, 0.3) is 10.8 Å². The summed E-state index contributed by atoms with van der Waals surface area (Å²) in [7, 11) is 0. The minimum absolute atomic E-state index is 0.419. The van der Waals surface area contributed by atoms with Crippen molar-refractivity contribution < 1.29 is 9.53 Å². The highest BCUT2D eigenvalue weighted by molar-refractivity contribution is 6.32. The van der Waals surface area contributed by atoms with E-state index in [0.29, 0.717) is 22.1 Å². The number of carbonyl (C=O) groups is 1. The predicted octanol–water partition coefficient (Wildman–Crippen LogP) is 5.10. The summed E-state index contributed by atoms with van der Waals surface area (Å²) < 4.78 is 5.77. The summed E-state index contributed by atoms with van der Waals surface area (Å²) >= 11 is 6.09. The van der Waals surface area contributed by atoms with Crippen molar-refractivity contribution in [1.82, 2.24) is 0 Å². The molecule has 0 N–H and O–H groups in total. The lowest BCUT2D eigenvalue weighted by molar-refractivity contribution is 0.112. The van der Waals surface area contributed by atoms with Gasteiger partial charge >= 0.3 is 0 Å². The Kier molecular flexibility index (Phi) is 3.40. The normalized spacial score (nSPS) is 10.4. The maximum absolute atomic E-state index is 10.7. The van der Waals surface area contributed by atoms with Gasteiger partial charge in [-0.3, -0.25) is 4.79 Å². The van der Waals surface area contributed by atoms with Crippen molar-refractivity contribution in [3.8, 4) is 11.5 Å². The molecule has 0 aliphatic rings. The average Bonchev–Trinajstić information content (AvgIpc) is 2.49. The molecule has 0 fully saturated rings. The molecule has 2 nitrogen and oxygen atoms in total. The molecule has 3 aromatic rings. The van der Waals surface area contributed by atoms with Gasteiger partial charge in [-0.25, -0.2) is 0 Å². The molecular weight excluding hydrogens is 272 g/mol. The summed E-state index contributed by atoms with van der Waals surface area (Å²) in [6.45, 7) is 0. The molecule has 3 heteroatoms. The van der Waals surface area contributed by atoms with Crippen LogP contribution >= 0.6 is 11.6 Å². The lowest BCUT2D eigenvalue weighted by Crippen LogP contribution is -1.87. The Morgan fingerprint density at radius 2 is 1.70 bits per heavy atom. The fourth-order valence-electron chi connectivity index (χ4n) is 2.03. The van der Waals surface area contributed by atoms with Gasteiger partial charge < -0.3 is 4.74 Å². The van der Waals surface area contributed by atoms with Crippen LogP contribution in [-0.4, -0.2) is 6.29 Å². The average molecular weight is 283 g/mol. The van der Waals surface area contributed by atoms with Gasteiger partial charge in [0.2, 0.25) is 0 Å². The zero-order chi connectivity index (χ0) is 13.9. The van der Waals surface area contributed by atoms with Crippen LogP contribution in [0.4, 0.5) is 0 Å². The van der Waals surface area contributed by atoms with Crippen molar-refractivity contribution in [3.05, 3.63) is 71.2 Å². The second-order valence-electron chi connectivity index (χ2n) is 4.42. The number of hydrogen-bond acceptors (Lipinski definition) is 2. The summed E-state index contributed by atoms with van der Waals surface area (Å²) in [4.78, 5) is 10.7. The monoisotopic (exact) mass is 282 g/mol. The van der Waals surface area contributed by atoms with Gasteiger partial charge in [-0.05, 0) is 41.1 Å². The van der Waals surface area contributed by atoms with Crippen LogP contribution in [0.3, 0.4) is 0 Å². The van der Waals surface area contributed by atoms with Gasteiger partial charge in [0.15, 0.2) is 0 Å². The number of aldehydes is 1. The largest absolute Gasteiger partial charge is 0.456 e. The van der Waals surface area contributed by atoms with Gasteiger partial charge in [-0.2, -0.15) is 0 Å².